The fourth-order valence-electron chi connectivity index (χ4n) is 1.71. The van der Waals surface area contributed by atoms with E-state index in [1.807, 2.05) is 6.92 Å². The quantitative estimate of drug-likeness (QED) is 0.812. The van der Waals surface area contributed by atoms with E-state index in [9.17, 15) is 18.0 Å². The van der Waals surface area contributed by atoms with E-state index in [4.69, 9.17) is 10.5 Å². The van der Waals surface area contributed by atoms with Crippen molar-refractivity contribution in [3.8, 4) is 5.75 Å². The van der Waals surface area contributed by atoms with Gasteiger partial charge in [-0.25, -0.2) is 0 Å². The van der Waals surface area contributed by atoms with Crippen LogP contribution in [0.3, 0.4) is 0 Å². The van der Waals surface area contributed by atoms with Crippen molar-refractivity contribution in [2.24, 2.45) is 5.73 Å². The van der Waals surface area contributed by atoms with E-state index in [0.717, 1.165) is 6.42 Å². The minimum atomic E-state index is -4.43. The van der Waals surface area contributed by atoms with Crippen LogP contribution in [0.5, 0.6) is 5.75 Å². The molecule has 0 saturated carbocycles. The zero-order chi connectivity index (χ0) is 16.1. The lowest BCUT2D eigenvalue weighted by molar-refractivity contribution is -0.135. The van der Waals surface area contributed by atoms with Crippen LogP contribution >= 0.6 is 0 Å². The highest BCUT2D eigenvalue weighted by Gasteiger charge is 2.37. The molecule has 1 aromatic rings. The van der Waals surface area contributed by atoms with Gasteiger partial charge in [-0.05, 0) is 31.0 Å². The number of alkyl halides is 3. The molecule has 3 N–H and O–H groups in total. The van der Waals surface area contributed by atoms with Crippen molar-refractivity contribution >= 4 is 5.91 Å². The number of nitrogens with one attached hydrogen (secondary N) is 1. The van der Waals surface area contributed by atoms with Gasteiger partial charge in [0.05, 0.1) is 13.2 Å². The van der Waals surface area contributed by atoms with Gasteiger partial charge in [-0.15, -0.1) is 0 Å². The molecule has 0 spiro atoms. The van der Waals surface area contributed by atoms with Gasteiger partial charge in [0.25, 0.3) is 0 Å². The summed E-state index contributed by atoms with van der Waals surface area (Å²) in [5.41, 5.74) is 4.00. The smallest absolute Gasteiger partial charge is 0.401 e. The molecule has 118 valence electrons. The number of rotatable bonds is 7. The van der Waals surface area contributed by atoms with E-state index in [1.165, 1.54) is 19.1 Å². The topological polar surface area (TPSA) is 64.3 Å². The third-order valence-corrected chi connectivity index (χ3v) is 3.04. The second-order valence-electron chi connectivity index (χ2n) is 4.83. The summed E-state index contributed by atoms with van der Waals surface area (Å²) in [5, 5.41) is 2.17. The van der Waals surface area contributed by atoms with Crippen LogP contribution in [-0.2, 0) is 10.3 Å². The molecule has 0 aliphatic carbocycles. The Kier molecular flexibility index (Phi) is 5.60. The van der Waals surface area contributed by atoms with Crippen molar-refractivity contribution in [3.05, 3.63) is 29.8 Å². The SMILES string of the molecule is CCCOc1ccc(C(C)(NCC(F)(F)F)C(N)=O)cc1. The van der Waals surface area contributed by atoms with Crippen molar-refractivity contribution < 1.29 is 22.7 Å². The molecule has 4 nitrogen and oxygen atoms in total. The second kappa shape index (κ2) is 6.80. The largest absolute Gasteiger partial charge is 0.494 e. The summed E-state index contributed by atoms with van der Waals surface area (Å²) in [6.07, 6.45) is -3.59. The summed E-state index contributed by atoms with van der Waals surface area (Å²) < 4.78 is 42.4. The Labute approximate surface area is 121 Å². The molecule has 1 rings (SSSR count). The number of carbonyl (C=O) groups excluding carboxylic acids is 1. The molecule has 0 aliphatic rings. The summed E-state index contributed by atoms with van der Waals surface area (Å²) in [6, 6.07) is 6.25. The molecule has 0 aromatic heterocycles. The van der Waals surface area contributed by atoms with Crippen LogP contribution in [0, 0.1) is 0 Å². The van der Waals surface area contributed by atoms with E-state index in [1.54, 1.807) is 12.1 Å². The number of halogens is 3. The lowest BCUT2D eigenvalue weighted by Crippen LogP contribution is -2.53. The minimum Gasteiger partial charge on any atom is -0.494 e. The second-order valence-corrected chi connectivity index (χ2v) is 4.83. The van der Waals surface area contributed by atoms with Crippen LogP contribution < -0.4 is 15.8 Å². The first-order chi connectivity index (χ1) is 9.69. The Morgan fingerprint density at radius 2 is 1.86 bits per heavy atom. The molecule has 1 aromatic carbocycles. The highest BCUT2D eigenvalue weighted by Crippen LogP contribution is 2.25. The predicted octanol–water partition coefficient (Wildman–Crippen LogP) is 2.33. The van der Waals surface area contributed by atoms with Crippen LogP contribution in [-0.4, -0.2) is 25.2 Å². The van der Waals surface area contributed by atoms with E-state index in [0.29, 0.717) is 17.9 Å². The van der Waals surface area contributed by atoms with Crippen molar-refractivity contribution in [2.75, 3.05) is 13.2 Å². The van der Waals surface area contributed by atoms with Gasteiger partial charge in [0.15, 0.2) is 0 Å². The molecule has 1 atom stereocenters. The van der Waals surface area contributed by atoms with E-state index in [-0.39, 0.29) is 0 Å². The molecular formula is C14H19F3N2O2. The summed E-state index contributed by atoms with van der Waals surface area (Å²) in [7, 11) is 0. The molecule has 0 saturated heterocycles. The third-order valence-electron chi connectivity index (χ3n) is 3.04. The van der Waals surface area contributed by atoms with Crippen LogP contribution in [0.1, 0.15) is 25.8 Å². The Balaban J connectivity index is 2.92. The van der Waals surface area contributed by atoms with Gasteiger partial charge in [-0.1, -0.05) is 19.1 Å². The van der Waals surface area contributed by atoms with Crippen LogP contribution in [0.4, 0.5) is 13.2 Å². The van der Waals surface area contributed by atoms with Crippen molar-refractivity contribution in [3.63, 3.8) is 0 Å². The number of carbonyl (C=O) groups is 1. The molecule has 21 heavy (non-hydrogen) atoms. The summed E-state index contributed by atoms with van der Waals surface area (Å²) in [4.78, 5) is 11.6. The first-order valence-corrected chi connectivity index (χ1v) is 6.54. The molecular weight excluding hydrogens is 285 g/mol. The average molecular weight is 304 g/mol. The Bertz CT molecular complexity index is 474. The molecule has 0 fully saturated rings. The van der Waals surface area contributed by atoms with Crippen molar-refractivity contribution in [1.29, 1.82) is 0 Å². The van der Waals surface area contributed by atoms with E-state index >= 15 is 0 Å². The predicted molar refractivity (Wildman–Crippen MR) is 72.8 cm³/mol. The number of amides is 1. The molecule has 0 aliphatic heterocycles. The molecule has 0 heterocycles. The number of hydrogen-bond acceptors (Lipinski definition) is 3. The Morgan fingerprint density at radius 3 is 2.29 bits per heavy atom. The van der Waals surface area contributed by atoms with Gasteiger partial charge in [-0.3, -0.25) is 10.1 Å². The number of ether oxygens (including phenoxy) is 1. The highest BCUT2D eigenvalue weighted by molar-refractivity contribution is 5.85. The first-order valence-electron chi connectivity index (χ1n) is 6.54. The Hall–Kier alpha value is -1.76. The number of nitrogens with two attached hydrogens (primary N) is 1. The Morgan fingerprint density at radius 1 is 1.29 bits per heavy atom. The maximum absolute atomic E-state index is 12.3. The molecule has 7 heteroatoms. The maximum atomic E-state index is 12.3. The highest BCUT2D eigenvalue weighted by atomic mass is 19.4. The third kappa shape index (κ3) is 4.93. The van der Waals surface area contributed by atoms with Crippen LogP contribution in [0.2, 0.25) is 0 Å². The fraction of sp³-hybridized carbons (Fsp3) is 0.500. The van der Waals surface area contributed by atoms with Gasteiger partial charge in [-0.2, -0.15) is 13.2 Å². The standard InChI is InChI=1S/C14H19F3N2O2/c1-3-8-21-11-6-4-10(5-7-11)13(2,12(18)20)19-9-14(15,16)17/h4-7,19H,3,8-9H2,1-2H3,(H2,18,20). The average Bonchev–Trinajstić information content (AvgIpc) is 2.42. The van der Waals surface area contributed by atoms with Gasteiger partial charge in [0, 0.05) is 0 Å². The molecule has 1 unspecified atom stereocenters. The number of primary amides is 1. The van der Waals surface area contributed by atoms with Gasteiger partial charge < -0.3 is 10.5 Å². The minimum absolute atomic E-state index is 0.350. The molecule has 0 radical (unpaired) electrons. The zero-order valence-electron chi connectivity index (χ0n) is 12.0. The van der Waals surface area contributed by atoms with Gasteiger partial charge >= 0.3 is 6.18 Å². The van der Waals surface area contributed by atoms with Crippen LogP contribution in [0.25, 0.3) is 0 Å². The lowest BCUT2D eigenvalue weighted by atomic mass is 9.91. The fourth-order valence-corrected chi connectivity index (χ4v) is 1.71. The molecule has 1 amide bonds. The van der Waals surface area contributed by atoms with Crippen molar-refractivity contribution in [1.82, 2.24) is 5.32 Å². The monoisotopic (exact) mass is 304 g/mol. The zero-order valence-corrected chi connectivity index (χ0v) is 12.0. The summed E-state index contributed by atoms with van der Waals surface area (Å²) >= 11 is 0. The van der Waals surface area contributed by atoms with Gasteiger partial charge in [0.2, 0.25) is 5.91 Å². The number of hydrogen-bond donors (Lipinski definition) is 2. The molecule has 0 bridgehead atoms. The van der Waals surface area contributed by atoms with Crippen molar-refractivity contribution in [2.45, 2.75) is 32.0 Å². The number of benzene rings is 1. The van der Waals surface area contributed by atoms with Crippen LogP contribution in [0.15, 0.2) is 24.3 Å². The van der Waals surface area contributed by atoms with E-state index < -0.39 is 24.2 Å². The lowest BCUT2D eigenvalue weighted by Gasteiger charge is -2.28. The first kappa shape index (κ1) is 17.3. The van der Waals surface area contributed by atoms with Gasteiger partial charge in [0.1, 0.15) is 11.3 Å². The maximum Gasteiger partial charge on any atom is 0.401 e. The summed E-state index contributed by atoms with van der Waals surface area (Å²) in [6.45, 7) is 2.52. The van der Waals surface area contributed by atoms with E-state index in [2.05, 4.69) is 5.32 Å². The summed E-state index contributed by atoms with van der Waals surface area (Å²) in [5.74, 6) is -0.294. The normalized spacial score (nSPS) is 14.5.